The van der Waals surface area contributed by atoms with Crippen LogP contribution < -0.4 is 25.4 Å². The van der Waals surface area contributed by atoms with Crippen molar-refractivity contribution < 1.29 is 38.2 Å². The molecule has 0 saturated heterocycles. The van der Waals surface area contributed by atoms with Gasteiger partial charge in [0.15, 0.2) is 0 Å². The Balaban J connectivity index is 1.26. The van der Waals surface area contributed by atoms with Gasteiger partial charge in [0.25, 0.3) is 0 Å². The van der Waals surface area contributed by atoms with Crippen molar-refractivity contribution in [1.82, 2.24) is 25.8 Å². The lowest BCUT2D eigenvalue weighted by molar-refractivity contribution is -0.150. The van der Waals surface area contributed by atoms with Crippen molar-refractivity contribution in [2.45, 2.75) is 103 Å². The van der Waals surface area contributed by atoms with Gasteiger partial charge in [-0.3, -0.25) is 19.2 Å². The van der Waals surface area contributed by atoms with Gasteiger partial charge in [0.2, 0.25) is 23.6 Å². The molecule has 6 atom stereocenters. The zero-order valence-electron chi connectivity index (χ0n) is 35.2. The summed E-state index contributed by atoms with van der Waals surface area (Å²) in [6.45, 7) is 11.0. The largest absolute Gasteiger partial charge is 0.497 e. The van der Waals surface area contributed by atoms with Gasteiger partial charge >= 0.3 is 5.97 Å². The Morgan fingerprint density at radius 3 is 2.31 bits per heavy atom. The van der Waals surface area contributed by atoms with Crippen LogP contribution in [0.2, 0.25) is 0 Å². The first-order valence-corrected chi connectivity index (χ1v) is 20.9. The number of esters is 1. The van der Waals surface area contributed by atoms with E-state index >= 15 is 0 Å². The Morgan fingerprint density at radius 1 is 0.983 bits per heavy atom. The molecular weight excluding hydrogens is 751 g/mol. The number of fused-ring (bicyclic) bond motifs is 1. The Kier molecular flexibility index (Phi) is 13.3. The van der Waals surface area contributed by atoms with Gasteiger partial charge in [-0.25, -0.2) is 9.78 Å². The third kappa shape index (κ3) is 9.71. The molecule has 0 aliphatic heterocycles. The highest BCUT2D eigenvalue weighted by atomic mass is 16.5. The molecule has 59 heavy (non-hydrogen) atoms. The van der Waals surface area contributed by atoms with E-state index in [1.54, 1.807) is 32.1 Å². The minimum atomic E-state index is -1.27. The molecule has 13 heteroatoms. The van der Waals surface area contributed by atoms with E-state index in [0.29, 0.717) is 29.1 Å². The number of benzene rings is 2. The number of aromatic nitrogens is 1. The number of likely N-dealkylation sites (N-methyl/N-ethyl adjacent to an activating group) is 1. The van der Waals surface area contributed by atoms with Gasteiger partial charge in [0.05, 0.1) is 43.3 Å². The number of rotatable bonds is 15. The lowest BCUT2D eigenvalue weighted by Crippen LogP contribution is -2.57. The summed E-state index contributed by atoms with van der Waals surface area (Å²) in [7, 11) is 3.36. The molecule has 3 N–H and O–H groups in total. The number of carbonyl (C=O) groups is 5. The van der Waals surface area contributed by atoms with Crippen molar-refractivity contribution in [3.8, 4) is 22.8 Å². The molecule has 2 aromatic carbocycles. The van der Waals surface area contributed by atoms with E-state index in [1.807, 2.05) is 75.4 Å². The first-order valence-electron chi connectivity index (χ1n) is 20.9. The lowest BCUT2D eigenvalue weighted by Gasteiger charge is -2.33. The molecule has 0 radical (unpaired) electrons. The monoisotopic (exact) mass is 809 g/mol. The zero-order chi connectivity index (χ0) is 42.5. The number of amides is 4. The summed E-state index contributed by atoms with van der Waals surface area (Å²) in [5.41, 5.74) is 0.165. The Labute approximate surface area is 347 Å². The van der Waals surface area contributed by atoms with Crippen molar-refractivity contribution in [3.05, 3.63) is 67.3 Å². The summed E-state index contributed by atoms with van der Waals surface area (Å²) < 4.78 is 17.6. The van der Waals surface area contributed by atoms with Crippen LogP contribution in [-0.2, 0) is 28.7 Å². The second-order valence-electron chi connectivity index (χ2n) is 17.2. The number of nitrogens with one attached hydrogen (secondary N) is 3. The van der Waals surface area contributed by atoms with Crippen molar-refractivity contribution in [1.29, 1.82) is 0 Å². The minimum absolute atomic E-state index is 0.139. The first-order chi connectivity index (χ1) is 28.2. The number of pyridine rings is 1. The fourth-order valence-corrected chi connectivity index (χ4v) is 8.56. The van der Waals surface area contributed by atoms with E-state index in [0.717, 1.165) is 43.1 Å². The smallest absolute Gasteiger partial charge is 0.332 e. The van der Waals surface area contributed by atoms with Crippen LogP contribution in [0, 0.1) is 23.2 Å². The predicted octanol–water partition coefficient (Wildman–Crippen LogP) is 5.75. The number of methoxy groups -OCH3 is 1. The van der Waals surface area contributed by atoms with Crippen LogP contribution in [0.5, 0.6) is 11.5 Å². The lowest BCUT2D eigenvalue weighted by atomic mass is 9.85. The molecule has 3 aliphatic rings. The van der Waals surface area contributed by atoms with Crippen LogP contribution in [0.4, 0.5) is 0 Å². The average Bonchev–Trinajstić information content (AvgIpc) is 3.79. The predicted molar refractivity (Wildman–Crippen MR) is 224 cm³/mol. The summed E-state index contributed by atoms with van der Waals surface area (Å²) in [6, 6.07) is 16.2. The number of hydrogen-bond donors (Lipinski definition) is 3. The summed E-state index contributed by atoms with van der Waals surface area (Å²) in [5, 5.41) is 9.40. The Bertz CT molecular complexity index is 2040. The van der Waals surface area contributed by atoms with Gasteiger partial charge in [-0.1, -0.05) is 76.4 Å². The summed E-state index contributed by atoms with van der Waals surface area (Å²) in [4.78, 5) is 75.6. The van der Waals surface area contributed by atoms with E-state index < -0.39 is 58.6 Å². The highest BCUT2D eigenvalue weighted by Gasteiger charge is 2.62. The van der Waals surface area contributed by atoms with Gasteiger partial charge in [-0.05, 0) is 56.6 Å². The van der Waals surface area contributed by atoms with E-state index in [-0.39, 0.29) is 43.9 Å². The Morgan fingerprint density at radius 2 is 1.68 bits per heavy atom. The number of ether oxygens (including phenoxy) is 3. The molecule has 6 rings (SSSR count). The SMILES string of the molecule is C=C[C@@H]1C[C@]1(NC(=O)[C@@H]1C[C@@H](Oc2cc(-c3ccccc3)nc3cc(OC)ccc23)C[C@H]1C(=O)N[C@H](C(=O)NCC(=O)N(C)C1CCCCC1)C(C)(C)C)C(=O)OCC. The van der Waals surface area contributed by atoms with Crippen LogP contribution >= 0.6 is 0 Å². The molecule has 3 aliphatic carbocycles. The highest BCUT2D eigenvalue weighted by Crippen LogP contribution is 2.47. The summed E-state index contributed by atoms with van der Waals surface area (Å²) in [6.07, 6.45) is 6.82. The van der Waals surface area contributed by atoms with Crippen molar-refractivity contribution >= 4 is 40.5 Å². The average molecular weight is 810 g/mol. The van der Waals surface area contributed by atoms with Gasteiger partial charge in [0, 0.05) is 42.1 Å². The second kappa shape index (κ2) is 18.2. The molecule has 4 amide bonds. The maximum absolute atomic E-state index is 14.5. The molecular formula is C46H59N5O8. The normalized spacial score (nSPS) is 23.4. The third-order valence-electron chi connectivity index (χ3n) is 12.2. The van der Waals surface area contributed by atoms with E-state index in [1.165, 1.54) is 0 Å². The number of hydrogen-bond acceptors (Lipinski definition) is 9. The van der Waals surface area contributed by atoms with Crippen LogP contribution in [-0.4, -0.2) is 90.5 Å². The quantitative estimate of drug-likeness (QED) is 0.128. The van der Waals surface area contributed by atoms with E-state index in [9.17, 15) is 24.0 Å². The molecule has 316 valence electrons. The van der Waals surface area contributed by atoms with Crippen molar-refractivity contribution in [2.24, 2.45) is 23.2 Å². The van der Waals surface area contributed by atoms with Crippen LogP contribution in [0.15, 0.2) is 67.3 Å². The first kappa shape index (κ1) is 43.1. The fraction of sp³-hybridized carbons (Fsp3) is 0.522. The third-order valence-corrected chi connectivity index (χ3v) is 12.2. The van der Waals surface area contributed by atoms with Crippen molar-refractivity contribution in [3.63, 3.8) is 0 Å². The molecule has 0 bridgehead atoms. The van der Waals surface area contributed by atoms with Crippen LogP contribution in [0.3, 0.4) is 0 Å². The molecule has 3 saturated carbocycles. The molecule has 3 fully saturated rings. The molecule has 13 nitrogen and oxygen atoms in total. The number of nitrogens with zero attached hydrogens (tertiary/aromatic N) is 2. The fourth-order valence-electron chi connectivity index (χ4n) is 8.56. The summed E-state index contributed by atoms with van der Waals surface area (Å²) in [5.74, 6) is -3.26. The van der Waals surface area contributed by atoms with Gasteiger partial charge in [0.1, 0.15) is 29.2 Å². The maximum atomic E-state index is 14.5. The van der Waals surface area contributed by atoms with E-state index in [2.05, 4.69) is 22.5 Å². The summed E-state index contributed by atoms with van der Waals surface area (Å²) >= 11 is 0. The topological polar surface area (TPSA) is 165 Å². The molecule has 1 aromatic heterocycles. The maximum Gasteiger partial charge on any atom is 0.332 e. The zero-order valence-corrected chi connectivity index (χ0v) is 35.2. The van der Waals surface area contributed by atoms with Gasteiger partial charge in [-0.2, -0.15) is 0 Å². The standard InChI is InChI=1S/C46H59N5O8/c1-8-29-26-46(29,44(56)58-9-2)50-42(54)35-23-32(59-38-25-36(28-16-12-10-13-17-28)48-37-24-31(57-7)20-21-33(37)38)22-34(35)41(53)49-40(45(3,4)5)43(55)47-27-39(52)51(6)30-18-14-11-15-19-30/h8,10,12-13,16-17,20-21,24-25,29-30,32,34-35,40H,1,9,11,14-15,18-19,22-23,26-27H2,2-7H3,(H,47,55)(H,49,53)(H,50,54)/t29-,32+,34-,35-,40-,46-/m1/s1. The molecule has 0 unspecified atom stereocenters. The van der Waals surface area contributed by atoms with Gasteiger partial charge < -0.3 is 35.1 Å². The second-order valence-corrected chi connectivity index (χ2v) is 17.2. The highest BCUT2D eigenvalue weighted by molar-refractivity contribution is 5.97. The molecule has 0 spiro atoms. The number of carbonyl (C=O) groups excluding carboxylic acids is 5. The molecule has 1 heterocycles. The Hall–Kier alpha value is -5.46. The van der Waals surface area contributed by atoms with Gasteiger partial charge in [-0.15, -0.1) is 6.58 Å². The van der Waals surface area contributed by atoms with Crippen molar-refractivity contribution in [2.75, 3.05) is 27.3 Å². The van der Waals surface area contributed by atoms with Crippen LogP contribution in [0.25, 0.3) is 22.2 Å². The van der Waals surface area contributed by atoms with Crippen LogP contribution in [0.1, 0.15) is 79.1 Å². The minimum Gasteiger partial charge on any atom is -0.497 e. The molecule has 3 aromatic rings. The van der Waals surface area contributed by atoms with E-state index in [4.69, 9.17) is 19.2 Å².